The fourth-order valence-electron chi connectivity index (χ4n) is 4.75. The molecule has 124 valence electrons. The monoisotopic (exact) mass is 344 g/mol. The van der Waals surface area contributed by atoms with E-state index in [-0.39, 0.29) is 0 Å². The highest BCUT2D eigenvalue weighted by Crippen LogP contribution is 2.41. The van der Waals surface area contributed by atoms with E-state index in [1.807, 2.05) is 12.1 Å². The Hall–Kier alpha value is -2.05. The van der Waals surface area contributed by atoms with E-state index < -0.39 is 0 Å². The lowest BCUT2D eigenvalue weighted by molar-refractivity contribution is 0.580. The van der Waals surface area contributed by atoms with E-state index in [2.05, 4.69) is 48.5 Å². The maximum Gasteiger partial charge on any atom is 0.0406 e. The maximum absolute atomic E-state index is 6.05. The summed E-state index contributed by atoms with van der Waals surface area (Å²) in [6, 6.07) is 22.1. The van der Waals surface area contributed by atoms with E-state index in [1.165, 1.54) is 47.9 Å². The Morgan fingerprint density at radius 1 is 0.680 bits per heavy atom. The molecule has 0 heterocycles. The summed E-state index contributed by atoms with van der Waals surface area (Å²) in [5.74, 6) is 0.624. The zero-order valence-corrected chi connectivity index (χ0v) is 15.0. The zero-order valence-electron chi connectivity index (χ0n) is 14.3. The first-order valence-electron chi connectivity index (χ1n) is 9.27. The molecule has 0 N–H and O–H groups in total. The molecule has 3 aromatic carbocycles. The minimum Gasteiger partial charge on any atom is -0.0843 e. The highest BCUT2D eigenvalue weighted by Gasteiger charge is 2.26. The molecular weight excluding hydrogens is 324 g/mol. The summed E-state index contributed by atoms with van der Waals surface area (Å²) >= 11 is 6.05. The largest absolute Gasteiger partial charge is 0.0843 e. The van der Waals surface area contributed by atoms with Gasteiger partial charge < -0.3 is 0 Å². The lowest BCUT2D eigenvalue weighted by Gasteiger charge is -2.30. The normalized spacial score (nSPS) is 18.2. The molecule has 0 radical (unpaired) electrons. The molecule has 0 amide bonds. The predicted octanol–water partition coefficient (Wildman–Crippen LogP) is 6.38. The summed E-state index contributed by atoms with van der Waals surface area (Å²) < 4.78 is 0. The van der Waals surface area contributed by atoms with Crippen LogP contribution in [0.25, 0.3) is 11.1 Å². The van der Waals surface area contributed by atoms with Crippen LogP contribution >= 0.6 is 11.6 Å². The Morgan fingerprint density at radius 2 is 1.52 bits per heavy atom. The van der Waals surface area contributed by atoms with Crippen molar-refractivity contribution >= 4 is 11.6 Å². The molecule has 1 unspecified atom stereocenters. The molecule has 25 heavy (non-hydrogen) atoms. The minimum absolute atomic E-state index is 0.624. The zero-order chi connectivity index (χ0) is 16.8. The van der Waals surface area contributed by atoms with Crippen LogP contribution in [0.1, 0.15) is 40.2 Å². The van der Waals surface area contributed by atoms with Crippen LogP contribution in [0, 0.1) is 0 Å². The Kier molecular flexibility index (Phi) is 3.68. The van der Waals surface area contributed by atoms with Gasteiger partial charge in [0.25, 0.3) is 0 Å². The molecule has 0 spiro atoms. The summed E-state index contributed by atoms with van der Waals surface area (Å²) in [5.41, 5.74) is 10.7. The second-order valence-electron chi connectivity index (χ2n) is 7.38. The molecule has 0 saturated heterocycles. The van der Waals surface area contributed by atoms with E-state index in [1.54, 1.807) is 16.7 Å². The number of hydrogen-bond donors (Lipinski definition) is 0. The topological polar surface area (TPSA) is 0 Å². The van der Waals surface area contributed by atoms with Gasteiger partial charge >= 0.3 is 0 Å². The second kappa shape index (κ2) is 6.04. The number of rotatable bonds is 1. The van der Waals surface area contributed by atoms with Crippen LogP contribution in [0.3, 0.4) is 0 Å². The third-order valence-corrected chi connectivity index (χ3v) is 6.28. The van der Waals surface area contributed by atoms with Gasteiger partial charge in [0.15, 0.2) is 0 Å². The smallest absolute Gasteiger partial charge is 0.0406 e. The number of fused-ring (bicyclic) bond motifs is 5. The molecule has 0 fully saturated rings. The van der Waals surface area contributed by atoms with Crippen molar-refractivity contribution in [1.29, 1.82) is 0 Å². The Bertz CT molecular complexity index is 937. The van der Waals surface area contributed by atoms with Crippen LogP contribution in [0.5, 0.6) is 0 Å². The quantitative estimate of drug-likeness (QED) is 0.480. The molecule has 2 aliphatic carbocycles. The van der Waals surface area contributed by atoms with Gasteiger partial charge in [-0.3, -0.25) is 0 Å². The minimum atomic E-state index is 0.624. The summed E-state index contributed by atoms with van der Waals surface area (Å²) in [6.07, 6.45) is 5.98. The number of hydrogen-bond acceptors (Lipinski definition) is 0. The molecule has 2 aliphatic rings. The standard InChI is InChI=1S/C24H21Cl/c25-20-10-5-16(6-11-20)18-8-12-22-19(15-18)9-14-23-21-4-2-1-3-17(21)7-13-24(22)23/h1-6,9-11,14,18H,7-8,12-13,15H2. The summed E-state index contributed by atoms with van der Waals surface area (Å²) in [5, 5.41) is 0.827. The maximum atomic E-state index is 6.05. The molecule has 0 aromatic heterocycles. The molecule has 1 atom stereocenters. The fraction of sp³-hybridized carbons (Fsp3) is 0.250. The van der Waals surface area contributed by atoms with Gasteiger partial charge in [-0.2, -0.15) is 0 Å². The average molecular weight is 345 g/mol. The van der Waals surface area contributed by atoms with Crippen LogP contribution in [0.4, 0.5) is 0 Å². The van der Waals surface area contributed by atoms with Crippen molar-refractivity contribution in [3.63, 3.8) is 0 Å². The van der Waals surface area contributed by atoms with E-state index in [0.717, 1.165) is 11.4 Å². The van der Waals surface area contributed by atoms with Gasteiger partial charge in [0, 0.05) is 5.02 Å². The third-order valence-electron chi connectivity index (χ3n) is 6.03. The van der Waals surface area contributed by atoms with Gasteiger partial charge in [0.2, 0.25) is 0 Å². The molecule has 1 heteroatoms. The van der Waals surface area contributed by atoms with Crippen LogP contribution in [-0.4, -0.2) is 0 Å². The van der Waals surface area contributed by atoms with E-state index in [0.29, 0.717) is 5.92 Å². The lowest BCUT2D eigenvalue weighted by atomic mass is 9.74. The summed E-state index contributed by atoms with van der Waals surface area (Å²) in [7, 11) is 0. The van der Waals surface area contributed by atoms with E-state index in [9.17, 15) is 0 Å². The van der Waals surface area contributed by atoms with Crippen molar-refractivity contribution in [2.45, 2.75) is 38.0 Å². The molecule has 0 aliphatic heterocycles. The fourth-order valence-corrected chi connectivity index (χ4v) is 4.87. The van der Waals surface area contributed by atoms with Crippen molar-refractivity contribution in [3.05, 3.63) is 93.5 Å². The van der Waals surface area contributed by atoms with Crippen LogP contribution < -0.4 is 0 Å². The van der Waals surface area contributed by atoms with Crippen molar-refractivity contribution in [3.8, 4) is 11.1 Å². The van der Waals surface area contributed by atoms with Crippen LogP contribution in [0.2, 0.25) is 5.02 Å². The number of aryl methyl sites for hydroxylation is 1. The van der Waals surface area contributed by atoms with E-state index >= 15 is 0 Å². The molecule has 3 aromatic rings. The third kappa shape index (κ3) is 2.60. The first kappa shape index (κ1) is 15.2. The van der Waals surface area contributed by atoms with Crippen LogP contribution in [-0.2, 0) is 25.7 Å². The second-order valence-corrected chi connectivity index (χ2v) is 7.81. The van der Waals surface area contributed by atoms with Gasteiger partial charge in [-0.05, 0) is 89.1 Å². The molecule has 0 saturated carbocycles. The first-order chi connectivity index (χ1) is 12.3. The molecular formula is C24H21Cl. The number of halogens is 1. The first-order valence-corrected chi connectivity index (χ1v) is 9.65. The Labute approximate surface area is 154 Å². The summed E-state index contributed by atoms with van der Waals surface area (Å²) in [6.45, 7) is 0. The molecule has 0 nitrogen and oxygen atoms in total. The Morgan fingerprint density at radius 3 is 2.40 bits per heavy atom. The predicted molar refractivity (Wildman–Crippen MR) is 106 cm³/mol. The van der Waals surface area contributed by atoms with Crippen molar-refractivity contribution < 1.29 is 0 Å². The SMILES string of the molecule is Clc1ccc(C2CCc3c(ccc4c3CCc3ccccc3-4)C2)cc1. The van der Waals surface area contributed by atoms with Gasteiger partial charge in [0.05, 0.1) is 0 Å². The number of benzene rings is 3. The van der Waals surface area contributed by atoms with Gasteiger partial charge in [-0.15, -0.1) is 0 Å². The van der Waals surface area contributed by atoms with Crippen molar-refractivity contribution in [1.82, 2.24) is 0 Å². The summed E-state index contributed by atoms with van der Waals surface area (Å²) in [4.78, 5) is 0. The lowest BCUT2D eigenvalue weighted by Crippen LogP contribution is -2.17. The van der Waals surface area contributed by atoms with Crippen molar-refractivity contribution in [2.24, 2.45) is 0 Å². The highest BCUT2D eigenvalue weighted by atomic mass is 35.5. The average Bonchev–Trinajstić information content (AvgIpc) is 2.67. The highest BCUT2D eigenvalue weighted by molar-refractivity contribution is 6.30. The van der Waals surface area contributed by atoms with Gasteiger partial charge in [-0.1, -0.05) is 60.1 Å². The Balaban J connectivity index is 1.52. The van der Waals surface area contributed by atoms with Gasteiger partial charge in [0.1, 0.15) is 0 Å². The molecule has 5 rings (SSSR count). The van der Waals surface area contributed by atoms with Gasteiger partial charge in [-0.25, -0.2) is 0 Å². The van der Waals surface area contributed by atoms with Crippen molar-refractivity contribution in [2.75, 3.05) is 0 Å². The molecule has 0 bridgehead atoms. The van der Waals surface area contributed by atoms with Crippen LogP contribution in [0.15, 0.2) is 60.7 Å². The van der Waals surface area contributed by atoms with E-state index in [4.69, 9.17) is 11.6 Å².